The van der Waals surface area contributed by atoms with Gasteiger partial charge >= 0.3 is 12.3 Å². The predicted octanol–water partition coefficient (Wildman–Crippen LogP) is 4.49. The van der Waals surface area contributed by atoms with Gasteiger partial charge in [0.15, 0.2) is 0 Å². The van der Waals surface area contributed by atoms with Crippen LogP contribution in [0.3, 0.4) is 0 Å². The summed E-state index contributed by atoms with van der Waals surface area (Å²) in [6.07, 6.45) is -5.27. The molecule has 0 saturated carbocycles. The Morgan fingerprint density at radius 3 is 2.22 bits per heavy atom. The molecule has 1 unspecified atom stereocenters. The predicted molar refractivity (Wildman–Crippen MR) is 131 cm³/mol. The molecule has 1 aliphatic heterocycles. The molecular weight excluding hydrogens is 509 g/mol. The molecular formula is C25H24F3N4O4S-. The minimum atomic E-state index is -4.80. The van der Waals surface area contributed by atoms with Crippen molar-refractivity contribution >= 4 is 23.0 Å². The highest BCUT2D eigenvalue weighted by Gasteiger charge is 2.38. The quantitative estimate of drug-likeness (QED) is 0.431. The van der Waals surface area contributed by atoms with Gasteiger partial charge in [-0.2, -0.15) is 13.2 Å². The molecule has 2 heterocycles. The summed E-state index contributed by atoms with van der Waals surface area (Å²) in [6.45, 7) is 2.95. The fourth-order valence-electron chi connectivity index (χ4n) is 4.09. The average molecular weight is 534 g/mol. The van der Waals surface area contributed by atoms with E-state index in [1.54, 1.807) is 66.4 Å². The minimum absolute atomic E-state index is 0.0751. The number of benzene rings is 2. The minimum Gasteiger partial charge on any atom is -0.772 e. The first-order chi connectivity index (χ1) is 17.7. The van der Waals surface area contributed by atoms with E-state index in [1.165, 1.54) is 4.90 Å². The lowest BCUT2D eigenvalue weighted by molar-refractivity contribution is -0.144. The van der Waals surface area contributed by atoms with E-state index in [0.29, 0.717) is 22.3 Å². The van der Waals surface area contributed by atoms with Crippen molar-refractivity contribution in [2.45, 2.75) is 18.9 Å². The summed E-state index contributed by atoms with van der Waals surface area (Å²) >= 11 is -2.30. The molecule has 37 heavy (non-hydrogen) atoms. The lowest BCUT2D eigenvalue weighted by Gasteiger charge is -2.36. The third-order valence-electron chi connectivity index (χ3n) is 5.82. The maximum Gasteiger partial charge on any atom is 0.451 e. The first-order valence-corrected chi connectivity index (χ1v) is 12.8. The van der Waals surface area contributed by atoms with Crippen LogP contribution in [0.15, 0.2) is 54.6 Å². The first-order valence-electron chi connectivity index (χ1n) is 11.5. The van der Waals surface area contributed by atoms with Gasteiger partial charge in [0.25, 0.3) is 0 Å². The fraction of sp³-hybridized carbons (Fsp3) is 0.320. The van der Waals surface area contributed by atoms with Crippen LogP contribution >= 0.6 is 0 Å². The molecule has 1 saturated heterocycles. The van der Waals surface area contributed by atoms with Crippen LogP contribution in [0.25, 0.3) is 22.4 Å². The molecule has 8 nitrogen and oxygen atoms in total. The van der Waals surface area contributed by atoms with Crippen molar-refractivity contribution in [2.24, 2.45) is 0 Å². The lowest BCUT2D eigenvalue weighted by atomic mass is 9.98. The number of anilines is 1. The van der Waals surface area contributed by atoms with Crippen LogP contribution in [0.4, 0.5) is 23.8 Å². The van der Waals surface area contributed by atoms with Crippen LogP contribution in [0.2, 0.25) is 0 Å². The highest BCUT2D eigenvalue weighted by molar-refractivity contribution is 7.78. The van der Waals surface area contributed by atoms with E-state index in [4.69, 9.17) is 4.74 Å². The number of nitrogens with zero attached hydrogens (tertiary/aromatic N) is 4. The number of amides is 1. The average Bonchev–Trinajstić information content (AvgIpc) is 2.88. The first kappa shape index (κ1) is 26.6. The zero-order chi connectivity index (χ0) is 26.6. The summed E-state index contributed by atoms with van der Waals surface area (Å²) in [6, 6.07) is 15.1. The Kier molecular flexibility index (Phi) is 8.08. The Hall–Kier alpha value is -3.51. The molecule has 0 bridgehead atoms. The molecule has 3 aromatic rings. The smallest absolute Gasteiger partial charge is 0.451 e. The van der Waals surface area contributed by atoms with Gasteiger partial charge in [-0.25, -0.2) is 14.8 Å². The van der Waals surface area contributed by atoms with Gasteiger partial charge in [0, 0.05) is 37.5 Å². The molecule has 1 aliphatic rings. The van der Waals surface area contributed by atoms with Crippen molar-refractivity contribution in [2.75, 3.05) is 37.7 Å². The second-order valence-corrected chi connectivity index (χ2v) is 9.17. The number of aromatic nitrogens is 2. The van der Waals surface area contributed by atoms with Crippen molar-refractivity contribution in [1.82, 2.24) is 14.9 Å². The summed E-state index contributed by atoms with van der Waals surface area (Å²) in [5.41, 5.74) is 2.00. The SMILES string of the molecule is CCOC(=O)N1CCN(c2nc(C(F)(F)F)nc(-c3ccc(CS(=O)[O-])cc3)c2-c2ccccc2)CC1. The van der Waals surface area contributed by atoms with Crippen molar-refractivity contribution in [3.8, 4) is 22.4 Å². The molecule has 0 aliphatic carbocycles. The zero-order valence-electron chi connectivity index (χ0n) is 19.9. The Bertz CT molecular complexity index is 1270. The number of alkyl halides is 3. The molecule has 1 aromatic heterocycles. The van der Waals surface area contributed by atoms with Crippen molar-refractivity contribution in [3.05, 3.63) is 66.0 Å². The Labute approximate surface area is 214 Å². The molecule has 1 atom stereocenters. The monoisotopic (exact) mass is 533 g/mol. The van der Waals surface area contributed by atoms with Crippen LogP contribution in [0.5, 0.6) is 0 Å². The van der Waals surface area contributed by atoms with Gasteiger partial charge in [0.1, 0.15) is 5.82 Å². The topological polar surface area (TPSA) is 98.7 Å². The van der Waals surface area contributed by atoms with Crippen LogP contribution < -0.4 is 4.90 Å². The summed E-state index contributed by atoms with van der Waals surface area (Å²) in [7, 11) is 0. The molecule has 4 rings (SSSR count). The van der Waals surface area contributed by atoms with Gasteiger partial charge in [-0.05, 0) is 18.1 Å². The second-order valence-electron chi connectivity index (χ2n) is 8.28. The van der Waals surface area contributed by atoms with Crippen LogP contribution in [-0.4, -0.2) is 62.5 Å². The number of carbonyl (C=O) groups is 1. The van der Waals surface area contributed by atoms with Gasteiger partial charge in [-0.3, -0.25) is 4.21 Å². The number of hydrogen-bond donors (Lipinski definition) is 0. The van der Waals surface area contributed by atoms with Crippen LogP contribution in [0.1, 0.15) is 18.3 Å². The largest absolute Gasteiger partial charge is 0.772 e. The molecule has 1 fully saturated rings. The van der Waals surface area contributed by atoms with Gasteiger partial charge in [0.2, 0.25) is 5.82 Å². The molecule has 196 valence electrons. The summed E-state index contributed by atoms with van der Waals surface area (Å²) in [5.74, 6) is -1.38. The van der Waals surface area contributed by atoms with Crippen molar-refractivity contribution in [3.63, 3.8) is 0 Å². The van der Waals surface area contributed by atoms with E-state index in [2.05, 4.69) is 9.97 Å². The third-order valence-corrected chi connectivity index (χ3v) is 6.39. The van der Waals surface area contributed by atoms with E-state index in [-0.39, 0.29) is 50.1 Å². The second kappa shape index (κ2) is 11.3. The number of halogens is 3. The number of ether oxygens (including phenoxy) is 1. The van der Waals surface area contributed by atoms with Gasteiger partial charge < -0.3 is 19.1 Å². The van der Waals surface area contributed by atoms with Crippen LogP contribution in [0, 0.1) is 0 Å². The number of rotatable bonds is 6. The standard InChI is InChI=1S/C25H25F3N4O4S/c1-2-36-24(33)32-14-12-31(13-15-32)22-20(18-6-4-3-5-7-18)21(29-23(30-22)25(26,27)28)19-10-8-17(9-11-19)16-37(34)35/h3-11H,2,12-16H2,1H3,(H,34,35)/p-1. The number of carbonyl (C=O) groups excluding carboxylic acids is 1. The van der Waals surface area contributed by atoms with E-state index < -0.39 is 29.2 Å². The molecule has 2 aromatic carbocycles. The van der Waals surface area contributed by atoms with Crippen molar-refractivity contribution in [1.29, 1.82) is 0 Å². The Balaban J connectivity index is 1.84. The highest BCUT2D eigenvalue weighted by atomic mass is 32.2. The van der Waals surface area contributed by atoms with E-state index in [0.717, 1.165) is 0 Å². The summed E-state index contributed by atoms with van der Waals surface area (Å²) in [5, 5.41) is 0. The highest BCUT2D eigenvalue weighted by Crippen LogP contribution is 2.40. The molecule has 0 radical (unpaired) electrons. The van der Waals surface area contributed by atoms with E-state index >= 15 is 0 Å². The summed E-state index contributed by atoms with van der Waals surface area (Å²) in [4.78, 5) is 23.2. The Morgan fingerprint density at radius 1 is 1.00 bits per heavy atom. The van der Waals surface area contributed by atoms with Gasteiger partial charge in [-0.15, -0.1) is 0 Å². The maximum atomic E-state index is 13.9. The van der Waals surface area contributed by atoms with Crippen molar-refractivity contribution < 1.29 is 31.5 Å². The molecule has 0 spiro atoms. The number of hydrogen-bond acceptors (Lipinski definition) is 7. The molecule has 12 heteroatoms. The number of piperazine rings is 1. The van der Waals surface area contributed by atoms with Gasteiger partial charge in [0.05, 0.1) is 17.9 Å². The lowest BCUT2D eigenvalue weighted by Crippen LogP contribution is -2.49. The third kappa shape index (κ3) is 6.25. The Morgan fingerprint density at radius 2 is 1.65 bits per heavy atom. The van der Waals surface area contributed by atoms with Crippen LogP contribution in [-0.2, 0) is 27.7 Å². The van der Waals surface area contributed by atoms with E-state index in [1.807, 2.05) is 0 Å². The fourth-order valence-corrected chi connectivity index (χ4v) is 4.56. The summed E-state index contributed by atoms with van der Waals surface area (Å²) < 4.78 is 69.0. The maximum absolute atomic E-state index is 13.9. The molecule has 1 amide bonds. The normalized spacial score (nSPS) is 14.9. The van der Waals surface area contributed by atoms with E-state index in [9.17, 15) is 26.7 Å². The molecule has 0 N–H and O–H groups in total. The zero-order valence-corrected chi connectivity index (χ0v) is 20.7. The van der Waals surface area contributed by atoms with Gasteiger partial charge in [-0.1, -0.05) is 65.7 Å².